The molecule has 0 spiro atoms. The molecule has 4 rings (SSSR count). The van der Waals surface area contributed by atoms with E-state index in [1.165, 1.54) is 10.5 Å². The van der Waals surface area contributed by atoms with Crippen LogP contribution in [0.4, 0.5) is 4.79 Å². The van der Waals surface area contributed by atoms with Crippen molar-refractivity contribution < 1.29 is 14.3 Å². The van der Waals surface area contributed by atoms with Gasteiger partial charge in [0.2, 0.25) is 0 Å². The quantitative estimate of drug-likeness (QED) is 0.267. The van der Waals surface area contributed by atoms with E-state index in [-0.39, 0.29) is 17.7 Å². The Balaban J connectivity index is 1.39. The van der Waals surface area contributed by atoms with E-state index in [0.717, 1.165) is 37.8 Å². The second-order valence-electron chi connectivity index (χ2n) is 7.24. The Hall–Kier alpha value is -2.58. The van der Waals surface area contributed by atoms with Gasteiger partial charge in [-0.1, -0.05) is 54.1 Å². The van der Waals surface area contributed by atoms with Gasteiger partial charge in [-0.2, -0.15) is 0 Å². The number of hydrogen-bond donors (Lipinski definition) is 0. The fourth-order valence-corrected chi connectivity index (χ4v) is 4.27. The van der Waals surface area contributed by atoms with Crippen LogP contribution in [0.15, 0.2) is 77.7 Å². The van der Waals surface area contributed by atoms with Crippen molar-refractivity contribution in [3.63, 3.8) is 0 Å². The molecule has 1 heterocycles. The summed E-state index contributed by atoms with van der Waals surface area (Å²) in [6.45, 7) is 2.84. The molecule has 156 valence electrons. The monoisotopic (exact) mass is 541 g/mol. The van der Waals surface area contributed by atoms with E-state index < -0.39 is 0 Å². The van der Waals surface area contributed by atoms with Gasteiger partial charge in [-0.05, 0) is 88.3 Å². The summed E-state index contributed by atoms with van der Waals surface area (Å²) >= 11 is 3.20. The topological polar surface area (TPSA) is 46.6 Å². The van der Waals surface area contributed by atoms with Crippen LogP contribution < -0.4 is 4.74 Å². The van der Waals surface area contributed by atoms with Crippen molar-refractivity contribution >= 4 is 51.6 Å². The molecule has 2 amide bonds. The molecular formula is C25H20INO3S. The molecule has 1 aliphatic rings. The molecule has 3 aromatic carbocycles. The van der Waals surface area contributed by atoms with Gasteiger partial charge in [-0.3, -0.25) is 14.5 Å². The Bertz CT molecular complexity index is 1120. The summed E-state index contributed by atoms with van der Waals surface area (Å²) in [5, 5.41) is -0.243. The van der Waals surface area contributed by atoms with Crippen molar-refractivity contribution in [3.8, 4) is 5.75 Å². The maximum absolute atomic E-state index is 12.7. The summed E-state index contributed by atoms with van der Waals surface area (Å²) in [4.78, 5) is 26.8. The standard InChI is InChI=1S/C25H20INO3S/c1-17-2-4-20(5-3-17)16-30-22-12-8-18(9-13-22)14-23-24(28)27(25(29)31-23)15-19-6-10-21(26)11-7-19/h2-14H,15-16H2,1H3/b23-14-. The number of carbonyl (C=O) groups excluding carboxylic acids is 2. The van der Waals surface area contributed by atoms with Crippen LogP contribution in [0.3, 0.4) is 0 Å². The molecule has 0 aliphatic carbocycles. The van der Waals surface area contributed by atoms with E-state index >= 15 is 0 Å². The molecule has 0 aromatic heterocycles. The summed E-state index contributed by atoms with van der Waals surface area (Å²) in [5.74, 6) is 0.498. The Labute approximate surface area is 199 Å². The first kappa shape index (κ1) is 21.6. The molecule has 0 unspecified atom stereocenters. The second kappa shape index (κ2) is 9.70. The van der Waals surface area contributed by atoms with Crippen LogP contribution in [0.5, 0.6) is 5.75 Å². The highest BCUT2D eigenvalue weighted by molar-refractivity contribution is 14.1. The van der Waals surface area contributed by atoms with Crippen LogP contribution >= 0.6 is 34.4 Å². The third-order valence-corrected chi connectivity index (χ3v) is 6.46. The highest BCUT2D eigenvalue weighted by Crippen LogP contribution is 2.33. The molecule has 0 N–H and O–H groups in total. The zero-order valence-electron chi connectivity index (χ0n) is 16.9. The van der Waals surface area contributed by atoms with Crippen LogP contribution in [0.1, 0.15) is 22.3 Å². The Morgan fingerprint density at radius 1 is 0.903 bits per heavy atom. The van der Waals surface area contributed by atoms with Crippen molar-refractivity contribution in [2.45, 2.75) is 20.1 Å². The minimum Gasteiger partial charge on any atom is -0.489 e. The molecule has 4 nitrogen and oxygen atoms in total. The summed E-state index contributed by atoms with van der Waals surface area (Å²) in [6, 6.07) is 23.5. The summed E-state index contributed by atoms with van der Waals surface area (Å²) in [7, 11) is 0. The van der Waals surface area contributed by atoms with Gasteiger partial charge in [-0.25, -0.2) is 0 Å². The highest BCUT2D eigenvalue weighted by atomic mass is 127. The Morgan fingerprint density at radius 2 is 1.55 bits per heavy atom. The van der Waals surface area contributed by atoms with Gasteiger partial charge in [0.25, 0.3) is 11.1 Å². The van der Waals surface area contributed by atoms with E-state index in [1.54, 1.807) is 6.08 Å². The fourth-order valence-electron chi connectivity index (χ4n) is 3.07. The SMILES string of the molecule is Cc1ccc(COc2ccc(/C=C3\SC(=O)N(Cc4ccc(I)cc4)C3=O)cc2)cc1. The zero-order chi connectivity index (χ0) is 21.8. The van der Waals surface area contributed by atoms with E-state index in [2.05, 4.69) is 53.8 Å². The lowest BCUT2D eigenvalue weighted by molar-refractivity contribution is -0.123. The van der Waals surface area contributed by atoms with Crippen LogP contribution in [-0.4, -0.2) is 16.0 Å². The third-order valence-electron chi connectivity index (χ3n) is 4.83. The van der Waals surface area contributed by atoms with Crippen LogP contribution in [-0.2, 0) is 17.9 Å². The number of nitrogens with zero attached hydrogens (tertiary/aromatic N) is 1. The first-order valence-corrected chi connectivity index (χ1v) is 11.7. The van der Waals surface area contributed by atoms with Crippen molar-refractivity contribution in [3.05, 3.63) is 104 Å². The summed E-state index contributed by atoms with van der Waals surface area (Å²) < 4.78 is 6.94. The van der Waals surface area contributed by atoms with Crippen molar-refractivity contribution in [1.29, 1.82) is 0 Å². The molecular weight excluding hydrogens is 521 g/mol. The lowest BCUT2D eigenvalue weighted by Crippen LogP contribution is -2.27. The minimum absolute atomic E-state index is 0.243. The van der Waals surface area contributed by atoms with Crippen LogP contribution in [0.25, 0.3) is 6.08 Å². The van der Waals surface area contributed by atoms with Gasteiger partial charge in [-0.15, -0.1) is 0 Å². The number of hydrogen-bond acceptors (Lipinski definition) is 4. The van der Waals surface area contributed by atoms with Crippen molar-refractivity contribution in [1.82, 2.24) is 4.90 Å². The van der Waals surface area contributed by atoms with E-state index in [9.17, 15) is 9.59 Å². The van der Waals surface area contributed by atoms with Gasteiger partial charge < -0.3 is 4.74 Å². The number of benzene rings is 3. The van der Waals surface area contributed by atoms with Crippen LogP contribution in [0, 0.1) is 10.5 Å². The molecule has 6 heteroatoms. The number of ether oxygens (including phenoxy) is 1. The molecule has 1 aliphatic heterocycles. The van der Waals surface area contributed by atoms with Gasteiger partial charge in [0.05, 0.1) is 11.4 Å². The lowest BCUT2D eigenvalue weighted by Gasteiger charge is -2.12. The van der Waals surface area contributed by atoms with E-state index in [0.29, 0.717) is 11.5 Å². The lowest BCUT2D eigenvalue weighted by atomic mass is 10.1. The number of rotatable bonds is 6. The number of imide groups is 1. The second-order valence-corrected chi connectivity index (χ2v) is 9.48. The van der Waals surface area contributed by atoms with Gasteiger partial charge in [0.15, 0.2) is 0 Å². The highest BCUT2D eigenvalue weighted by Gasteiger charge is 2.34. The molecule has 1 saturated heterocycles. The molecule has 1 fully saturated rings. The van der Waals surface area contributed by atoms with Gasteiger partial charge in [0.1, 0.15) is 12.4 Å². The molecule has 31 heavy (non-hydrogen) atoms. The molecule has 0 saturated carbocycles. The normalized spacial score (nSPS) is 15.0. The van der Waals surface area contributed by atoms with Gasteiger partial charge in [0, 0.05) is 3.57 Å². The third kappa shape index (κ3) is 5.57. The first-order chi connectivity index (χ1) is 15.0. The molecule has 0 radical (unpaired) electrons. The zero-order valence-corrected chi connectivity index (χ0v) is 19.9. The average molecular weight is 541 g/mol. The number of carbonyl (C=O) groups is 2. The first-order valence-electron chi connectivity index (χ1n) is 9.76. The largest absolute Gasteiger partial charge is 0.489 e. The maximum Gasteiger partial charge on any atom is 0.293 e. The van der Waals surface area contributed by atoms with E-state index in [4.69, 9.17) is 4.74 Å². The average Bonchev–Trinajstić information content (AvgIpc) is 3.03. The smallest absolute Gasteiger partial charge is 0.293 e. The predicted molar refractivity (Wildman–Crippen MR) is 133 cm³/mol. The summed E-state index contributed by atoms with van der Waals surface area (Å²) in [6.07, 6.45) is 1.75. The fraction of sp³-hybridized carbons (Fsp3) is 0.120. The van der Waals surface area contributed by atoms with E-state index in [1.807, 2.05) is 48.5 Å². The predicted octanol–water partition coefficient (Wildman–Crippen LogP) is 6.42. The Morgan fingerprint density at radius 3 is 2.23 bits per heavy atom. The van der Waals surface area contributed by atoms with Crippen molar-refractivity contribution in [2.24, 2.45) is 0 Å². The number of halogens is 1. The maximum atomic E-state index is 12.7. The number of aryl methyl sites for hydroxylation is 1. The molecule has 3 aromatic rings. The summed E-state index contributed by atoms with van der Waals surface area (Å²) in [5.41, 5.74) is 4.11. The van der Waals surface area contributed by atoms with Gasteiger partial charge >= 0.3 is 0 Å². The van der Waals surface area contributed by atoms with Crippen molar-refractivity contribution in [2.75, 3.05) is 0 Å². The molecule has 0 atom stereocenters. The number of amides is 2. The molecule has 0 bridgehead atoms. The van der Waals surface area contributed by atoms with Crippen LogP contribution in [0.2, 0.25) is 0 Å². The number of thioether (sulfide) groups is 1. The Kier molecular flexibility index (Phi) is 6.77. The minimum atomic E-state index is -0.256.